The van der Waals surface area contributed by atoms with Gasteiger partial charge in [-0.2, -0.15) is 0 Å². The number of nitrogens with one attached hydrogen (secondary N) is 3. The summed E-state index contributed by atoms with van der Waals surface area (Å²) in [6.07, 6.45) is 4.45. The molecule has 1 amide bonds. The highest BCUT2D eigenvalue weighted by molar-refractivity contribution is 6.00. The van der Waals surface area contributed by atoms with Crippen molar-refractivity contribution in [3.8, 4) is 11.1 Å². The maximum atomic E-state index is 15.1. The lowest BCUT2D eigenvalue weighted by molar-refractivity contribution is -0.111. The molecule has 8 nitrogen and oxygen atoms in total. The fraction of sp³-hybridized carbons (Fsp3) is 0.185. The molecule has 0 atom stereocenters. The molecule has 2 aromatic heterocycles. The van der Waals surface area contributed by atoms with E-state index in [9.17, 15) is 9.18 Å². The van der Waals surface area contributed by atoms with E-state index in [0.717, 1.165) is 18.9 Å². The van der Waals surface area contributed by atoms with E-state index in [-0.39, 0.29) is 18.6 Å². The zero-order valence-electron chi connectivity index (χ0n) is 19.9. The van der Waals surface area contributed by atoms with E-state index in [1.165, 1.54) is 12.1 Å². The Balaban J connectivity index is 1.36. The predicted octanol–water partition coefficient (Wildman–Crippen LogP) is 4.76. The molecule has 0 unspecified atom stereocenters. The highest BCUT2D eigenvalue weighted by atomic mass is 19.1. The number of alkyl halides is 1. The minimum absolute atomic E-state index is 0.249. The average molecular weight is 502 g/mol. The van der Waals surface area contributed by atoms with Gasteiger partial charge in [0, 0.05) is 42.5 Å². The SMILES string of the molecule is C=CC(=O)Nc1cccc(-c2c(F)ccc3cnc(Nc4ccc(NC5CN(CCF)C5)nc4)nc23)c1. The number of benzene rings is 2. The molecule has 0 radical (unpaired) electrons. The minimum atomic E-state index is -0.442. The van der Waals surface area contributed by atoms with Crippen LogP contribution in [-0.4, -0.2) is 58.1 Å². The summed E-state index contributed by atoms with van der Waals surface area (Å²) >= 11 is 0. The van der Waals surface area contributed by atoms with E-state index in [4.69, 9.17) is 0 Å². The summed E-state index contributed by atoms with van der Waals surface area (Å²) in [7, 11) is 0. The summed E-state index contributed by atoms with van der Waals surface area (Å²) in [6.45, 7) is 5.16. The number of carbonyl (C=O) groups is 1. The molecule has 10 heteroatoms. The second-order valence-corrected chi connectivity index (χ2v) is 8.67. The number of rotatable bonds is 9. The molecule has 1 fully saturated rings. The Hall–Kier alpha value is -4.44. The lowest BCUT2D eigenvalue weighted by Gasteiger charge is -2.39. The Morgan fingerprint density at radius 2 is 1.97 bits per heavy atom. The first-order chi connectivity index (χ1) is 18.0. The monoisotopic (exact) mass is 501 g/mol. The van der Waals surface area contributed by atoms with Crippen LogP contribution in [-0.2, 0) is 4.79 Å². The standard InChI is InChI=1S/C27H25F2N7O/c1-2-24(37)33-19-5-3-4-17(12-19)25-22(29)8-6-18-13-31-27(35-26(18)25)34-20-7-9-23(30-14-20)32-21-15-36(16-21)11-10-28/h2-9,12-14,21H,1,10-11,15-16H2,(H,30,32)(H,33,37)(H,31,34,35). The number of anilines is 4. The molecule has 3 N–H and O–H groups in total. The molecule has 3 heterocycles. The summed E-state index contributed by atoms with van der Waals surface area (Å²) in [4.78, 5) is 27.1. The number of carbonyl (C=O) groups excluding carboxylic acids is 1. The summed E-state index contributed by atoms with van der Waals surface area (Å²) in [5, 5.41) is 9.80. The number of halogens is 2. The van der Waals surface area contributed by atoms with Gasteiger partial charge >= 0.3 is 0 Å². The molecule has 37 heavy (non-hydrogen) atoms. The Bertz CT molecular complexity index is 1440. The topological polar surface area (TPSA) is 95.1 Å². The van der Waals surface area contributed by atoms with E-state index < -0.39 is 5.82 Å². The van der Waals surface area contributed by atoms with Crippen LogP contribution in [0.4, 0.5) is 31.9 Å². The van der Waals surface area contributed by atoms with Crippen LogP contribution in [0.3, 0.4) is 0 Å². The smallest absolute Gasteiger partial charge is 0.247 e. The van der Waals surface area contributed by atoms with Crippen molar-refractivity contribution in [2.45, 2.75) is 6.04 Å². The molecule has 0 bridgehead atoms. The molecule has 0 spiro atoms. The second kappa shape index (κ2) is 10.7. The van der Waals surface area contributed by atoms with Gasteiger partial charge in [0.1, 0.15) is 18.3 Å². The average Bonchev–Trinajstić information content (AvgIpc) is 2.88. The van der Waals surface area contributed by atoms with Gasteiger partial charge in [0.2, 0.25) is 11.9 Å². The van der Waals surface area contributed by atoms with Crippen molar-refractivity contribution < 1.29 is 13.6 Å². The summed E-state index contributed by atoms with van der Waals surface area (Å²) < 4.78 is 27.5. The van der Waals surface area contributed by atoms with Crippen LogP contribution < -0.4 is 16.0 Å². The van der Waals surface area contributed by atoms with Crippen molar-refractivity contribution in [3.05, 3.63) is 79.4 Å². The van der Waals surface area contributed by atoms with Gasteiger partial charge < -0.3 is 16.0 Å². The Morgan fingerprint density at radius 1 is 1.11 bits per heavy atom. The fourth-order valence-corrected chi connectivity index (χ4v) is 4.21. The summed E-state index contributed by atoms with van der Waals surface area (Å²) in [6, 6.07) is 13.8. The van der Waals surface area contributed by atoms with Gasteiger partial charge in [-0.3, -0.25) is 9.69 Å². The molecule has 188 valence electrons. The van der Waals surface area contributed by atoms with Crippen LogP contribution in [0.5, 0.6) is 0 Å². The van der Waals surface area contributed by atoms with Crippen molar-refractivity contribution >= 4 is 40.0 Å². The van der Waals surface area contributed by atoms with E-state index in [1.807, 2.05) is 17.0 Å². The Labute approximate surface area is 212 Å². The zero-order chi connectivity index (χ0) is 25.8. The number of nitrogens with zero attached hydrogens (tertiary/aromatic N) is 4. The quantitative estimate of drug-likeness (QED) is 0.285. The third-order valence-electron chi connectivity index (χ3n) is 6.04. The molecule has 1 aliphatic heterocycles. The minimum Gasteiger partial charge on any atom is -0.365 e. The molecular formula is C27H25F2N7O. The largest absolute Gasteiger partial charge is 0.365 e. The third-order valence-corrected chi connectivity index (χ3v) is 6.04. The van der Waals surface area contributed by atoms with Crippen molar-refractivity contribution in [1.82, 2.24) is 19.9 Å². The lowest BCUT2D eigenvalue weighted by atomic mass is 10.0. The highest BCUT2D eigenvalue weighted by Gasteiger charge is 2.26. The number of amides is 1. The third kappa shape index (κ3) is 5.54. The zero-order valence-corrected chi connectivity index (χ0v) is 19.9. The van der Waals surface area contributed by atoms with Crippen LogP contribution in [0.1, 0.15) is 0 Å². The maximum absolute atomic E-state index is 15.1. The lowest BCUT2D eigenvalue weighted by Crippen LogP contribution is -2.55. The van der Waals surface area contributed by atoms with Gasteiger partial charge in [0.25, 0.3) is 0 Å². The van der Waals surface area contributed by atoms with E-state index in [2.05, 4.69) is 37.5 Å². The Kier molecular flexibility index (Phi) is 7.00. The maximum Gasteiger partial charge on any atom is 0.247 e. The molecule has 2 aromatic carbocycles. The van der Waals surface area contributed by atoms with Gasteiger partial charge in [-0.05, 0) is 48.0 Å². The highest BCUT2D eigenvalue weighted by Crippen LogP contribution is 2.32. The van der Waals surface area contributed by atoms with Crippen LogP contribution in [0.2, 0.25) is 0 Å². The number of likely N-dealkylation sites (tertiary alicyclic amines) is 1. The van der Waals surface area contributed by atoms with Crippen molar-refractivity contribution in [1.29, 1.82) is 0 Å². The molecule has 1 saturated heterocycles. The van der Waals surface area contributed by atoms with Gasteiger partial charge in [-0.1, -0.05) is 18.7 Å². The number of fused-ring (bicyclic) bond motifs is 1. The summed E-state index contributed by atoms with van der Waals surface area (Å²) in [5.74, 6) is 0.217. The van der Waals surface area contributed by atoms with Crippen LogP contribution in [0.15, 0.2) is 73.6 Å². The van der Waals surface area contributed by atoms with E-state index in [1.54, 1.807) is 42.7 Å². The van der Waals surface area contributed by atoms with Crippen LogP contribution in [0, 0.1) is 5.82 Å². The second-order valence-electron chi connectivity index (χ2n) is 8.67. The van der Waals surface area contributed by atoms with Crippen LogP contribution in [0.25, 0.3) is 22.0 Å². The first-order valence-electron chi connectivity index (χ1n) is 11.8. The normalized spacial score (nSPS) is 13.7. The van der Waals surface area contributed by atoms with E-state index in [0.29, 0.717) is 45.9 Å². The number of aromatic nitrogens is 3. The molecule has 4 aromatic rings. The first kappa shape index (κ1) is 24.3. The fourth-order valence-electron chi connectivity index (χ4n) is 4.21. The number of hydrogen-bond acceptors (Lipinski definition) is 7. The van der Waals surface area contributed by atoms with Gasteiger partial charge in [-0.15, -0.1) is 0 Å². The first-order valence-corrected chi connectivity index (χ1v) is 11.8. The Morgan fingerprint density at radius 3 is 2.73 bits per heavy atom. The molecule has 5 rings (SSSR count). The summed E-state index contributed by atoms with van der Waals surface area (Å²) in [5.41, 5.74) is 2.48. The number of hydrogen-bond donors (Lipinski definition) is 3. The van der Waals surface area contributed by atoms with Gasteiger partial charge in [-0.25, -0.2) is 23.7 Å². The van der Waals surface area contributed by atoms with Gasteiger partial charge in [0.15, 0.2) is 0 Å². The molecule has 1 aliphatic rings. The molecular weight excluding hydrogens is 476 g/mol. The van der Waals surface area contributed by atoms with E-state index >= 15 is 4.39 Å². The van der Waals surface area contributed by atoms with Crippen LogP contribution >= 0.6 is 0 Å². The van der Waals surface area contributed by atoms with Crippen molar-refractivity contribution in [2.75, 3.05) is 42.3 Å². The van der Waals surface area contributed by atoms with Crippen molar-refractivity contribution in [2.24, 2.45) is 0 Å². The van der Waals surface area contributed by atoms with Crippen molar-refractivity contribution in [3.63, 3.8) is 0 Å². The molecule has 0 aliphatic carbocycles. The predicted molar refractivity (Wildman–Crippen MR) is 141 cm³/mol. The number of pyridine rings is 1. The molecule has 0 saturated carbocycles. The van der Waals surface area contributed by atoms with Gasteiger partial charge in [0.05, 0.1) is 23.4 Å².